The second-order valence-corrected chi connectivity index (χ2v) is 13.0. The largest absolute Gasteiger partial charge is 0.260 e. The minimum Gasteiger partial charge on any atom is -0.260 e. The Labute approximate surface area is 245 Å². The quantitative estimate of drug-likeness (QED) is 0.302. The second-order valence-electron chi connectivity index (χ2n) is 8.93. The maximum atomic E-state index is 12.5. The number of primary sulfonamides is 1. The molecule has 212 valence electrons. The summed E-state index contributed by atoms with van der Waals surface area (Å²) in [6.45, 7) is 4.57. The van der Waals surface area contributed by atoms with Crippen molar-refractivity contribution in [2.24, 2.45) is 5.14 Å². The number of halogens is 2. The number of nitrogens with zero attached hydrogens (tertiary/aromatic N) is 3. The first-order valence-corrected chi connectivity index (χ1v) is 16.1. The Morgan fingerprint density at radius 3 is 1.80 bits per heavy atom. The van der Waals surface area contributed by atoms with Crippen molar-refractivity contribution in [3.8, 4) is 0 Å². The Morgan fingerprint density at radius 2 is 1.30 bits per heavy atom. The van der Waals surface area contributed by atoms with Crippen molar-refractivity contribution in [3.05, 3.63) is 119 Å². The molecule has 3 heterocycles. The van der Waals surface area contributed by atoms with Crippen molar-refractivity contribution in [3.63, 3.8) is 0 Å². The summed E-state index contributed by atoms with van der Waals surface area (Å²) < 4.78 is 47.9. The van der Waals surface area contributed by atoms with E-state index in [1.807, 2.05) is 50.2 Å². The molecule has 8 nitrogen and oxygen atoms in total. The fraction of sp³-hybridized carbons (Fsp3) is 0.214. The molecule has 0 saturated heterocycles. The van der Waals surface area contributed by atoms with E-state index in [-0.39, 0.29) is 4.90 Å². The summed E-state index contributed by atoms with van der Waals surface area (Å²) in [6.07, 6.45) is 3.41. The SMILES string of the molecule is Cc1ccc(S(=O)(=O)N2Cc3cccnc3C2)cc1.Cc1ccc(S(N)(=O)=O)cc1.ClCc1cccnc1CCl. The highest BCUT2D eigenvalue weighted by Gasteiger charge is 2.30. The molecule has 0 unspecified atom stereocenters. The molecule has 0 spiro atoms. The first-order valence-electron chi connectivity index (χ1n) is 12.1. The van der Waals surface area contributed by atoms with E-state index in [9.17, 15) is 16.8 Å². The third-order valence-electron chi connectivity index (χ3n) is 5.92. The van der Waals surface area contributed by atoms with Gasteiger partial charge in [0.1, 0.15) is 0 Å². The van der Waals surface area contributed by atoms with Crippen molar-refractivity contribution in [2.45, 2.75) is 48.5 Å². The summed E-state index contributed by atoms with van der Waals surface area (Å²) in [6, 6.07) is 20.9. The zero-order chi connectivity index (χ0) is 29.3. The van der Waals surface area contributed by atoms with Crippen molar-refractivity contribution < 1.29 is 16.8 Å². The zero-order valence-electron chi connectivity index (χ0n) is 22.0. The molecule has 1 aliphatic rings. The van der Waals surface area contributed by atoms with Gasteiger partial charge in [-0.2, -0.15) is 4.31 Å². The van der Waals surface area contributed by atoms with Crippen LogP contribution in [0.1, 0.15) is 33.6 Å². The molecule has 0 amide bonds. The van der Waals surface area contributed by atoms with Gasteiger partial charge in [0.05, 0.1) is 33.6 Å². The molecule has 0 fully saturated rings. The van der Waals surface area contributed by atoms with Gasteiger partial charge < -0.3 is 0 Å². The van der Waals surface area contributed by atoms with Gasteiger partial charge in [-0.15, -0.1) is 23.2 Å². The summed E-state index contributed by atoms with van der Waals surface area (Å²) in [7, 11) is -6.95. The molecular formula is C28H30Cl2N4O4S2. The van der Waals surface area contributed by atoms with Crippen LogP contribution in [-0.4, -0.2) is 31.1 Å². The maximum absolute atomic E-state index is 12.5. The van der Waals surface area contributed by atoms with Crippen LogP contribution in [0.25, 0.3) is 0 Å². The first-order chi connectivity index (χ1) is 19.0. The molecule has 0 saturated carbocycles. The molecular weight excluding hydrogens is 591 g/mol. The number of benzene rings is 2. The minimum absolute atomic E-state index is 0.156. The van der Waals surface area contributed by atoms with Crippen LogP contribution in [0.2, 0.25) is 0 Å². The van der Waals surface area contributed by atoms with E-state index in [0.717, 1.165) is 33.6 Å². The monoisotopic (exact) mass is 620 g/mol. The molecule has 5 rings (SSSR count). The molecule has 4 aromatic rings. The average molecular weight is 622 g/mol. The predicted octanol–water partition coefficient (Wildman–Crippen LogP) is 5.30. The van der Waals surface area contributed by atoms with Crippen LogP contribution < -0.4 is 5.14 Å². The lowest BCUT2D eigenvalue weighted by Gasteiger charge is -2.15. The molecule has 12 heteroatoms. The fourth-order valence-electron chi connectivity index (χ4n) is 3.64. The summed E-state index contributed by atoms with van der Waals surface area (Å²) in [4.78, 5) is 8.77. The van der Waals surface area contributed by atoms with Gasteiger partial charge in [-0.25, -0.2) is 22.0 Å². The molecule has 0 radical (unpaired) electrons. The fourth-order valence-corrected chi connectivity index (χ4v) is 6.02. The van der Waals surface area contributed by atoms with Crippen LogP contribution in [0.15, 0.2) is 95.0 Å². The van der Waals surface area contributed by atoms with Crippen LogP contribution >= 0.6 is 23.2 Å². The van der Waals surface area contributed by atoms with Crippen LogP contribution in [-0.2, 0) is 44.9 Å². The number of alkyl halides is 2. The average Bonchev–Trinajstić information content (AvgIpc) is 3.39. The van der Waals surface area contributed by atoms with Gasteiger partial charge in [-0.05, 0) is 61.4 Å². The number of nitrogens with two attached hydrogens (primary N) is 1. The van der Waals surface area contributed by atoms with E-state index >= 15 is 0 Å². The smallest absolute Gasteiger partial charge is 0.243 e. The van der Waals surface area contributed by atoms with E-state index < -0.39 is 20.0 Å². The number of rotatable bonds is 5. The lowest BCUT2D eigenvalue weighted by molar-refractivity contribution is 0.429. The molecule has 40 heavy (non-hydrogen) atoms. The molecule has 2 N–H and O–H groups in total. The van der Waals surface area contributed by atoms with Gasteiger partial charge >= 0.3 is 0 Å². The molecule has 2 aromatic carbocycles. The Morgan fingerprint density at radius 1 is 0.750 bits per heavy atom. The highest BCUT2D eigenvalue weighted by molar-refractivity contribution is 7.89. The molecule has 0 bridgehead atoms. The van der Waals surface area contributed by atoms with Crippen molar-refractivity contribution >= 4 is 43.2 Å². The Bertz CT molecular complexity index is 1580. The Kier molecular flexibility index (Phi) is 11.2. The van der Waals surface area contributed by atoms with Gasteiger partial charge in [0, 0.05) is 24.8 Å². The minimum atomic E-state index is -3.52. The zero-order valence-corrected chi connectivity index (χ0v) is 25.2. The van der Waals surface area contributed by atoms with Crippen molar-refractivity contribution in [1.82, 2.24) is 14.3 Å². The van der Waals surface area contributed by atoms with E-state index in [4.69, 9.17) is 28.3 Å². The topological polar surface area (TPSA) is 123 Å². The highest BCUT2D eigenvalue weighted by Crippen LogP contribution is 2.27. The number of sulfonamides is 2. The second kappa shape index (κ2) is 14.2. The molecule has 0 aliphatic carbocycles. The first kappa shape index (κ1) is 31.7. The summed E-state index contributed by atoms with van der Waals surface area (Å²) in [5, 5.41) is 4.88. The third kappa shape index (κ3) is 8.57. The van der Waals surface area contributed by atoms with Gasteiger partial charge in [0.25, 0.3) is 0 Å². The number of fused-ring (bicyclic) bond motifs is 1. The van der Waals surface area contributed by atoms with Gasteiger partial charge in [0.15, 0.2) is 0 Å². The number of pyridine rings is 2. The highest BCUT2D eigenvalue weighted by atomic mass is 35.5. The normalized spacial score (nSPS) is 12.9. The molecule has 1 aliphatic heterocycles. The number of aryl methyl sites for hydroxylation is 2. The van der Waals surface area contributed by atoms with Gasteiger partial charge in [0.2, 0.25) is 20.0 Å². The molecule has 0 atom stereocenters. The standard InChI is InChI=1S/C14H14N2O2S.C7H7Cl2N.C7H9NO2S/c1-11-4-6-13(7-5-11)19(17,18)16-9-12-3-2-8-15-14(12)10-16;8-4-6-2-1-3-10-7(6)5-9;1-6-2-4-7(5-3-6)11(8,9)10/h2-8H,9-10H2,1H3;1-3H,4-5H2;2-5H,1H3,(H2,8,9,10). The number of aromatic nitrogens is 2. The van der Waals surface area contributed by atoms with Crippen LogP contribution in [0.5, 0.6) is 0 Å². The summed E-state index contributed by atoms with van der Waals surface area (Å²) >= 11 is 11.2. The van der Waals surface area contributed by atoms with Crippen molar-refractivity contribution in [1.29, 1.82) is 0 Å². The van der Waals surface area contributed by atoms with E-state index in [1.54, 1.807) is 36.7 Å². The lowest BCUT2D eigenvalue weighted by atomic mass is 10.2. The predicted molar refractivity (Wildman–Crippen MR) is 158 cm³/mol. The summed E-state index contributed by atoms with van der Waals surface area (Å²) in [5.41, 5.74) is 5.78. The van der Waals surface area contributed by atoms with Crippen LogP contribution in [0, 0.1) is 13.8 Å². The molecule has 2 aromatic heterocycles. The number of hydrogen-bond donors (Lipinski definition) is 1. The Hall–Kier alpha value is -2.86. The third-order valence-corrected chi connectivity index (χ3v) is 9.20. The number of hydrogen-bond acceptors (Lipinski definition) is 6. The lowest BCUT2D eigenvalue weighted by Crippen LogP contribution is -2.25. The van der Waals surface area contributed by atoms with Gasteiger partial charge in [-0.3, -0.25) is 9.97 Å². The Balaban J connectivity index is 0.000000180. The summed E-state index contributed by atoms with van der Waals surface area (Å²) in [5.74, 6) is 0.915. The maximum Gasteiger partial charge on any atom is 0.243 e. The van der Waals surface area contributed by atoms with Crippen LogP contribution in [0.4, 0.5) is 0 Å². The van der Waals surface area contributed by atoms with Crippen LogP contribution in [0.3, 0.4) is 0 Å². The van der Waals surface area contributed by atoms with Gasteiger partial charge in [-0.1, -0.05) is 47.5 Å². The van der Waals surface area contributed by atoms with E-state index in [0.29, 0.717) is 29.7 Å². The van der Waals surface area contributed by atoms with Crippen molar-refractivity contribution in [2.75, 3.05) is 0 Å². The van der Waals surface area contributed by atoms with E-state index in [1.165, 1.54) is 16.4 Å². The van der Waals surface area contributed by atoms with E-state index in [2.05, 4.69) is 9.97 Å².